The van der Waals surface area contributed by atoms with Crippen molar-refractivity contribution in [2.75, 3.05) is 6.54 Å². The number of hydrogen-bond donors (Lipinski definition) is 0. The number of rotatable bonds is 0. The monoisotopic (exact) mass is 109 g/mol. The van der Waals surface area contributed by atoms with E-state index in [0.29, 0.717) is 0 Å². The summed E-state index contributed by atoms with van der Waals surface area (Å²) in [5.74, 6) is 1.97. The molecule has 1 aliphatic carbocycles. The molecule has 0 aromatic carbocycles. The summed E-state index contributed by atoms with van der Waals surface area (Å²) >= 11 is 0. The third kappa shape index (κ3) is 0.504. The van der Waals surface area contributed by atoms with Crippen molar-refractivity contribution in [3.8, 4) is 0 Å². The third-order valence-electron chi connectivity index (χ3n) is 2.32. The number of hydrogen-bond acceptors (Lipinski definition) is 1. The fraction of sp³-hybridized carbons (Fsp3) is 0.857. The molecule has 0 radical (unpaired) electrons. The summed E-state index contributed by atoms with van der Waals surface area (Å²) < 4.78 is 0. The lowest BCUT2D eigenvalue weighted by molar-refractivity contribution is 0.688. The van der Waals surface area contributed by atoms with Crippen LogP contribution in [0, 0.1) is 11.8 Å². The highest BCUT2D eigenvalue weighted by Crippen LogP contribution is 2.44. The molecule has 0 unspecified atom stereocenters. The zero-order chi connectivity index (χ0) is 5.56. The van der Waals surface area contributed by atoms with Crippen LogP contribution in [-0.4, -0.2) is 12.3 Å². The zero-order valence-corrected chi connectivity index (χ0v) is 5.22. The van der Waals surface area contributed by atoms with Gasteiger partial charge in [0.25, 0.3) is 0 Å². The number of fused-ring (bicyclic) bond motifs is 1. The smallest absolute Gasteiger partial charge is 0.0391 e. The zero-order valence-electron chi connectivity index (χ0n) is 5.22. The van der Waals surface area contributed by atoms with Gasteiger partial charge >= 0.3 is 0 Å². The molecule has 44 valence electrons. The van der Waals surface area contributed by atoms with E-state index in [9.17, 15) is 0 Å². The van der Waals surface area contributed by atoms with E-state index >= 15 is 0 Å². The van der Waals surface area contributed by atoms with Crippen LogP contribution in [0.1, 0.15) is 19.8 Å². The fourth-order valence-corrected chi connectivity index (χ4v) is 1.60. The first-order valence-electron chi connectivity index (χ1n) is 3.39. The average molecular weight is 109 g/mol. The Morgan fingerprint density at radius 1 is 1.62 bits per heavy atom. The highest BCUT2D eigenvalue weighted by atomic mass is 14.8. The van der Waals surface area contributed by atoms with E-state index in [2.05, 4.69) is 11.9 Å². The molecule has 0 saturated heterocycles. The van der Waals surface area contributed by atoms with Crippen LogP contribution in [0.15, 0.2) is 4.99 Å². The number of nitrogens with zero attached hydrogens (tertiary/aromatic N) is 1. The van der Waals surface area contributed by atoms with Crippen LogP contribution in [0.4, 0.5) is 0 Å². The van der Waals surface area contributed by atoms with E-state index in [1.165, 1.54) is 18.6 Å². The summed E-state index contributed by atoms with van der Waals surface area (Å²) in [5, 5.41) is 0. The first kappa shape index (κ1) is 4.54. The Bertz CT molecular complexity index is 137. The van der Waals surface area contributed by atoms with Crippen LogP contribution < -0.4 is 0 Å². The summed E-state index contributed by atoms with van der Waals surface area (Å²) in [6.45, 7) is 3.27. The average Bonchev–Trinajstić information content (AvgIpc) is 2.45. The molecule has 2 aliphatic rings. The standard InChI is InChI=1S/C7H11N/c1-5-7-4-6(7)2-3-8-5/h6-7H,2-4H2,1H3/t6-,7-/m0/s1. The van der Waals surface area contributed by atoms with E-state index in [-0.39, 0.29) is 0 Å². The molecular weight excluding hydrogens is 98.1 g/mol. The molecule has 0 spiro atoms. The lowest BCUT2D eigenvalue weighted by atomic mass is 10.1. The van der Waals surface area contributed by atoms with Crippen molar-refractivity contribution in [3.05, 3.63) is 0 Å². The summed E-state index contributed by atoms with van der Waals surface area (Å²) in [6.07, 6.45) is 2.80. The summed E-state index contributed by atoms with van der Waals surface area (Å²) in [4.78, 5) is 4.37. The van der Waals surface area contributed by atoms with Gasteiger partial charge in [-0.15, -0.1) is 0 Å². The van der Waals surface area contributed by atoms with Gasteiger partial charge in [0.1, 0.15) is 0 Å². The summed E-state index contributed by atoms with van der Waals surface area (Å²) in [7, 11) is 0. The van der Waals surface area contributed by atoms with Crippen molar-refractivity contribution in [3.63, 3.8) is 0 Å². The minimum absolute atomic E-state index is 0.920. The van der Waals surface area contributed by atoms with Crippen LogP contribution in [0.2, 0.25) is 0 Å². The summed E-state index contributed by atoms with van der Waals surface area (Å²) in [5.41, 5.74) is 1.42. The van der Waals surface area contributed by atoms with E-state index in [1.54, 1.807) is 0 Å². The minimum atomic E-state index is 0.920. The topological polar surface area (TPSA) is 12.4 Å². The molecule has 1 heteroatoms. The Kier molecular flexibility index (Phi) is 0.758. The molecule has 0 aromatic heterocycles. The Hall–Kier alpha value is -0.330. The lowest BCUT2D eigenvalue weighted by Crippen LogP contribution is -2.04. The first-order valence-corrected chi connectivity index (χ1v) is 3.39. The second-order valence-electron chi connectivity index (χ2n) is 2.91. The van der Waals surface area contributed by atoms with E-state index < -0.39 is 0 Å². The first-order chi connectivity index (χ1) is 3.88. The van der Waals surface area contributed by atoms with Gasteiger partial charge in [-0.25, -0.2) is 0 Å². The lowest BCUT2D eigenvalue weighted by Gasteiger charge is -2.04. The molecule has 1 aliphatic heterocycles. The van der Waals surface area contributed by atoms with Crippen molar-refractivity contribution in [1.29, 1.82) is 0 Å². The molecular formula is C7H11N. The molecule has 0 N–H and O–H groups in total. The number of aliphatic imine (C=N–C) groups is 1. The molecule has 1 nitrogen and oxygen atoms in total. The predicted molar refractivity (Wildman–Crippen MR) is 34.2 cm³/mol. The van der Waals surface area contributed by atoms with Gasteiger partial charge in [0.2, 0.25) is 0 Å². The van der Waals surface area contributed by atoms with Crippen molar-refractivity contribution in [2.24, 2.45) is 16.8 Å². The summed E-state index contributed by atoms with van der Waals surface area (Å²) in [6, 6.07) is 0. The second-order valence-corrected chi connectivity index (χ2v) is 2.91. The largest absolute Gasteiger partial charge is 0.294 e. The van der Waals surface area contributed by atoms with Gasteiger partial charge in [-0.1, -0.05) is 0 Å². The SMILES string of the molecule is CC1=NCC[C@H]2C[C@@H]12. The van der Waals surface area contributed by atoms with Crippen molar-refractivity contribution < 1.29 is 0 Å². The molecule has 0 amide bonds. The molecule has 1 heterocycles. The highest BCUT2D eigenvalue weighted by Gasteiger charge is 2.40. The van der Waals surface area contributed by atoms with Gasteiger partial charge < -0.3 is 0 Å². The maximum absolute atomic E-state index is 4.37. The Morgan fingerprint density at radius 2 is 2.50 bits per heavy atom. The van der Waals surface area contributed by atoms with E-state index in [0.717, 1.165) is 18.4 Å². The molecule has 1 fully saturated rings. The highest BCUT2D eigenvalue weighted by molar-refractivity contribution is 5.87. The van der Waals surface area contributed by atoms with Gasteiger partial charge in [-0.2, -0.15) is 0 Å². The van der Waals surface area contributed by atoms with Crippen molar-refractivity contribution in [2.45, 2.75) is 19.8 Å². The molecule has 1 saturated carbocycles. The third-order valence-corrected chi connectivity index (χ3v) is 2.32. The Labute approximate surface area is 49.8 Å². The minimum Gasteiger partial charge on any atom is -0.294 e. The van der Waals surface area contributed by atoms with Crippen LogP contribution in [0.3, 0.4) is 0 Å². The van der Waals surface area contributed by atoms with Crippen LogP contribution in [0.25, 0.3) is 0 Å². The molecule has 0 aromatic rings. The Morgan fingerprint density at radius 3 is 3.12 bits per heavy atom. The molecule has 0 bridgehead atoms. The quantitative estimate of drug-likeness (QED) is 0.447. The van der Waals surface area contributed by atoms with E-state index in [1.807, 2.05) is 0 Å². The van der Waals surface area contributed by atoms with E-state index in [4.69, 9.17) is 0 Å². The second kappa shape index (κ2) is 1.34. The van der Waals surface area contributed by atoms with Gasteiger partial charge in [-0.05, 0) is 31.6 Å². The van der Waals surface area contributed by atoms with Crippen LogP contribution in [-0.2, 0) is 0 Å². The van der Waals surface area contributed by atoms with Crippen LogP contribution in [0.5, 0.6) is 0 Å². The van der Waals surface area contributed by atoms with Crippen molar-refractivity contribution >= 4 is 5.71 Å². The van der Waals surface area contributed by atoms with Crippen molar-refractivity contribution in [1.82, 2.24) is 0 Å². The molecule has 2 rings (SSSR count). The van der Waals surface area contributed by atoms with Gasteiger partial charge in [0, 0.05) is 12.3 Å². The molecule has 2 atom stereocenters. The molecule has 8 heavy (non-hydrogen) atoms. The van der Waals surface area contributed by atoms with Gasteiger partial charge in [0.15, 0.2) is 0 Å². The van der Waals surface area contributed by atoms with Crippen LogP contribution >= 0.6 is 0 Å². The normalized spacial score (nSPS) is 42.9. The van der Waals surface area contributed by atoms with Gasteiger partial charge in [-0.3, -0.25) is 4.99 Å². The fourth-order valence-electron chi connectivity index (χ4n) is 1.60. The van der Waals surface area contributed by atoms with Gasteiger partial charge in [0.05, 0.1) is 0 Å². The predicted octanol–water partition coefficient (Wildman–Crippen LogP) is 1.49. The Balaban J connectivity index is 2.18. The maximum Gasteiger partial charge on any atom is 0.0391 e. The maximum atomic E-state index is 4.37.